The topological polar surface area (TPSA) is 15.3 Å². The number of anilines is 1. The number of nitrogens with zero attached hydrogens (tertiary/aromatic N) is 1. The number of hydrogen-bond acceptors (Lipinski definition) is 2. The van der Waals surface area contributed by atoms with Gasteiger partial charge in [0.05, 0.1) is 0 Å². The van der Waals surface area contributed by atoms with E-state index in [9.17, 15) is 0 Å². The van der Waals surface area contributed by atoms with Crippen LogP contribution in [0.1, 0.15) is 29.5 Å². The second-order valence-electron chi connectivity index (χ2n) is 4.83. The maximum absolute atomic E-state index is 3.49. The van der Waals surface area contributed by atoms with Gasteiger partial charge in [-0.25, -0.2) is 0 Å². The molecule has 0 aromatic heterocycles. The summed E-state index contributed by atoms with van der Waals surface area (Å²) in [6.45, 7) is 9.10. The summed E-state index contributed by atoms with van der Waals surface area (Å²) in [6.07, 6.45) is 0. The first kappa shape index (κ1) is 9.22. The van der Waals surface area contributed by atoms with Crippen LogP contribution in [0.5, 0.6) is 0 Å². The molecular formula is C13H18N2. The Labute approximate surface area is 91.3 Å². The molecule has 2 heteroatoms. The van der Waals surface area contributed by atoms with Crippen LogP contribution in [0.15, 0.2) is 12.1 Å². The van der Waals surface area contributed by atoms with E-state index in [2.05, 4.69) is 36.2 Å². The van der Waals surface area contributed by atoms with Gasteiger partial charge in [0.15, 0.2) is 0 Å². The van der Waals surface area contributed by atoms with Crippen molar-refractivity contribution in [3.63, 3.8) is 0 Å². The largest absolute Gasteiger partial charge is 0.369 e. The first-order chi connectivity index (χ1) is 7.27. The zero-order valence-electron chi connectivity index (χ0n) is 9.51. The van der Waals surface area contributed by atoms with E-state index in [1.54, 1.807) is 5.56 Å². The van der Waals surface area contributed by atoms with Crippen LogP contribution in [-0.2, 0) is 6.54 Å². The first-order valence-electron chi connectivity index (χ1n) is 5.85. The summed E-state index contributed by atoms with van der Waals surface area (Å²) in [5.41, 5.74) is 6.08. The first-order valence-corrected chi connectivity index (χ1v) is 5.85. The summed E-state index contributed by atoms with van der Waals surface area (Å²) in [4.78, 5) is 2.56. The molecule has 1 N–H and O–H groups in total. The van der Waals surface area contributed by atoms with E-state index in [0.717, 1.165) is 19.6 Å². The number of nitrogens with one attached hydrogen (secondary N) is 1. The van der Waals surface area contributed by atoms with Crippen LogP contribution in [-0.4, -0.2) is 19.6 Å². The van der Waals surface area contributed by atoms with Crippen molar-refractivity contribution < 1.29 is 0 Å². The van der Waals surface area contributed by atoms with E-state index >= 15 is 0 Å². The van der Waals surface area contributed by atoms with Gasteiger partial charge in [-0.05, 0) is 23.6 Å². The fraction of sp³-hybridized carbons (Fsp3) is 0.538. The molecule has 3 rings (SSSR count). The minimum absolute atomic E-state index is 0.707. The summed E-state index contributed by atoms with van der Waals surface area (Å²) in [6, 6.07) is 4.57. The van der Waals surface area contributed by atoms with Crippen molar-refractivity contribution in [3.05, 3.63) is 28.8 Å². The van der Waals surface area contributed by atoms with E-state index in [0.29, 0.717) is 5.92 Å². The molecule has 0 saturated heterocycles. The normalized spacial score (nSPS) is 23.9. The Balaban J connectivity index is 2.22. The Hall–Kier alpha value is -1.02. The van der Waals surface area contributed by atoms with Gasteiger partial charge >= 0.3 is 0 Å². The van der Waals surface area contributed by atoms with E-state index in [-0.39, 0.29) is 0 Å². The summed E-state index contributed by atoms with van der Waals surface area (Å²) < 4.78 is 0. The molecule has 1 unspecified atom stereocenters. The van der Waals surface area contributed by atoms with Crippen molar-refractivity contribution in [3.8, 4) is 0 Å². The van der Waals surface area contributed by atoms with E-state index in [1.165, 1.54) is 23.4 Å². The fourth-order valence-electron chi connectivity index (χ4n) is 3.05. The average molecular weight is 202 g/mol. The van der Waals surface area contributed by atoms with Gasteiger partial charge in [-0.15, -0.1) is 0 Å². The van der Waals surface area contributed by atoms with Crippen LogP contribution in [0.3, 0.4) is 0 Å². The number of rotatable bonds is 0. The standard InChI is InChI=1S/C13H18N2/c1-9-3-4-11-7-14-5-6-15-8-10(2)12(9)13(11)15/h3-4,10,14H,5-8H2,1-2H3. The van der Waals surface area contributed by atoms with E-state index in [4.69, 9.17) is 0 Å². The lowest BCUT2D eigenvalue weighted by molar-refractivity contribution is 0.673. The third-order valence-corrected chi connectivity index (χ3v) is 3.70. The van der Waals surface area contributed by atoms with Gasteiger partial charge in [0.1, 0.15) is 0 Å². The highest BCUT2D eigenvalue weighted by atomic mass is 15.2. The third kappa shape index (κ3) is 1.28. The van der Waals surface area contributed by atoms with Crippen molar-refractivity contribution in [2.45, 2.75) is 26.3 Å². The zero-order chi connectivity index (χ0) is 10.4. The Morgan fingerprint density at radius 3 is 3.13 bits per heavy atom. The summed E-state index contributed by atoms with van der Waals surface area (Å²) in [7, 11) is 0. The molecular weight excluding hydrogens is 184 g/mol. The molecule has 2 aliphatic rings. The molecule has 15 heavy (non-hydrogen) atoms. The zero-order valence-corrected chi connectivity index (χ0v) is 9.51. The highest BCUT2D eigenvalue weighted by Crippen LogP contribution is 2.41. The summed E-state index contributed by atoms with van der Waals surface area (Å²) in [5.74, 6) is 0.707. The maximum atomic E-state index is 3.49. The summed E-state index contributed by atoms with van der Waals surface area (Å²) >= 11 is 0. The number of hydrogen-bond donors (Lipinski definition) is 1. The lowest BCUT2D eigenvalue weighted by Crippen LogP contribution is -2.27. The van der Waals surface area contributed by atoms with E-state index in [1.807, 2.05) is 0 Å². The van der Waals surface area contributed by atoms with Crippen molar-refractivity contribution in [2.75, 3.05) is 24.5 Å². The monoisotopic (exact) mass is 202 g/mol. The molecule has 0 radical (unpaired) electrons. The minimum atomic E-state index is 0.707. The van der Waals surface area contributed by atoms with Crippen LogP contribution in [0.25, 0.3) is 0 Å². The van der Waals surface area contributed by atoms with Crippen LogP contribution in [0, 0.1) is 6.92 Å². The van der Waals surface area contributed by atoms with Crippen LogP contribution in [0.2, 0.25) is 0 Å². The van der Waals surface area contributed by atoms with Crippen LogP contribution < -0.4 is 10.2 Å². The molecule has 2 heterocycles. The molecule has 1 aromatic carbocycles. The number of aryl methyl sites for hydroxylation is 1. The lowest BCUT2D eigenvalue weighted by atomic mass is 9.95. The molecule has 0 bridgehead atoms. The highest BCUT2D eigenvalue weighted by Gasteiger charge is 2.30. The van der Waals surface area contributed by atoms with Gasteiger partial charge in [-0.3, -0.25) is 0 Å². The van der Waals surface area contributed by atoms with Gasteiger partial charge in [-0.2, -0.15) is 0 Å². The van der Waals surface area contributed by atoms with Gasteiger partial charge in [0.25, 0.3) is 0 Å². The molecule has 0 saturated carbocycles. The minimum Gasteiger partial charge on any atom is -0.369 e. The SMILES string of the molecule is Cc1ccc2c3c1C(C)CN3CCNC2. The molecule has 0 aliphatic carbocycles. The maximum Gasteiger partial charge on any atom is 0.0451 e. The predicted octanol–water partition coefficient (Wildman–Crippen LogP) is 2.02. The lowest BCUT2D eigenvalue weighted by Gasteiger charge is -2.18. The highest BCUT2D eigenvalue weighted by molar-refractivity contribution is 5.67. The van der Waals surface area contributed by atoms with Gasteiger partial charge in [0.2, 0.25) is 0 Å². The predicted molar refractivity (Wildman–Crippen MR) is 63.5 cm³/mol. The van der Waals surface area contributed by atoms with Crippen molar-refractivity contribution >= 4 is 5.69 Å². The molecule has 0 fully saturated rings. The van der Waals surface area contributed by atoms with Crippen LogP contribution >= 0.6 is 0 Å². The van der Waals surface area contributed by atoms with Crippen LogP contribution in [0.4, 0.5) is 5.69 Å². The van der Waals surface area contributed by atoms with Gasteiger partial charge in [-0.1, -0.05) is 19.1 Å². The summed E-state index contributed by atoms with van der Waals surface area (Å²) in [5, 5.41) is 3.49. The molecule has 80 valence electrons. The Morgan fingerprint density at radius 1 is 1.40 bits per heavy atom. The average Bonchev–Trinajstić information content (AvgIpc) is 2.43. The smallest absolute Gasteiger partial charge is 0.0451 e. The second kappa shape index (κ2) is 3.24. The van der Waals surface area contributed by atoms with Gasteiger partial charge in [0, 0.05) is 37.8 Å². The van der Waals surface area contributed by atoms with Crippen molar-refractivity contribution in [1.82, 2.24) is 5.32 Å². The Morgan fingerprint density at radius 2 is 2.27 bits per heavy atom. The quantitative estimate of drug-likeness (QED) is 0.692. The molecule has 0 amide bonds. The molecule has 0 spiro atoms. The van der Waals surface area contributed by atoms with Crippen molar-refractivity contribution in [2.24, 2.45) is 0 Å². The number of benzene rings is 1. The third-order valence-electron chi connectivity index (χ3n) is 3.70. The van der Waals surface area contributed by atoms with Crippen molar-refractivity contribution in [1.29, 1.82) is 0 Å². The molecule has 2 nitrogen and oxygen atoms in total. The second-order valence-corrected chi connectivity index (χ2v) is 4.83. The molecule has 1 aromatic rings. The fourth-order valence-corrected chi connectivity index (χ4v) is 3.05. The Kier molecular flexibility index (Phi) is 1.99. The Bertz CT molecular complexity index is 398. The molecule has 2 aliphatic heterocycles. The van der Waals surface area contributed by atoms with E-state index < -0.39 is 0 Å². The molecule has 1 atom stereocenters. The van der Waals surface area contributed by atoms with Gasteiger partial charge < -0.3 is 10.2 Å².